The second-order valence-electron chi connectivity index (χ2n) is 9.94. The second-order valence-corrected chi connectivity index (χ2v) is 12.6. The Balaban J connectivity index is 1.83. The molecule has 0 aromatic heterocycles. The van der Waals surface area contributed by atoms with Crippen LogP contribution in [0.1, 0.15) is 11.1 Å². The van der Waals surface area contributed by atoms with Gasteiger partial charge in [-0.1, -0.05) is 77.8 Å². The summed E-state index contributed by atoms with van der Waals surface area (Å²) in [6.45, 7) is -0.731. The Morgan fingerprint density at radius 3 is 2.09 bits per heavy atom. The average Bonchev–Trinajstić information content (AvgIpc) is 3.06. The van der Waals surface area contributed by atoms with Crippen LogP contribution in [0.4, 0.5) is 5.69 Å². The van der Waals surface area contributed by atoms with Crippen LogP contribution in [0.3, 0.4) is 0 Å². The van der Waals surface area contributed by atoms with Gasteiger partial charge >= 0.3 is 0 Å². The Bertz CT molecular complexity index is 1740. The van der Waals surface area contributed by atoms with Gasteiger partial charge in [0.05, 0.1) is 24.8 Å². The van der Waals surface area contributed by atoms with Gasteiger partial charge in [0.15, 0.2) is 11.5 Å². The number of halogens is 2. The highest BCUT2D eigenvalue weighted by atomic mass is 35.5. The summed E-state index contributed by atoms with van der Waals surface area (Å²) < 4.78 is 40.0. The summed E-state index contributed by atoms with van der Waals surface area (Å²) in [6, 6.07) is 25.4. The minimum absolute atomic E-state index is 0.0213. The molecule has 0 bridgehead atoms. The molecule has 12 heteroatoms. The zero-order valence-corrected chi connectivity index (χ0v) is 27.3. The number of benzene rings is 4. The van der Waals surface area contributed by atoms with Crippen LogP contribution in [0.15, 0.2) is 102 Å². The van der Waals surface area contributed by atoms with Crippen LogP contribution >= 0.6 is 23.2 Å². The molecule has 45 heavy (non-hydrogen) atoms. The van der Waals surface area contributed by atoms with E-state index in [4.69, 9.17) is 32.7 Å². The van der Waals surface area contributed by atoms with Crippen molar-refractivity contribution < 1.29 is 27.5 Å². The van der Waals surface area contributed by atoms with Gasteiger partial charge in [-0.3, -0.25) is 13.9 Å². The summed E-state index contributed by atoms with van der Waals surface area (Å²) in [5.74, 6) is -0.417. The van der Waals surface area contributed by atoms with Gasteiger partial charge in [0.25, 0.3) is 10.0 Å². The topological polar surface area (TPSA) is 105 Å². The Labute approximate surface area is 273 Å². The molecule has 236 valence electrons. The highest BCUT2D eigenvalue weighted by Crippen LogP contribution is 2.34. The van der Waals surface area contributed by atoms with Crippen molar-refractivity contribution in [3.8, 4) is 11.5 Å². The number of anilines is 1. The number of nitrogens with zero attached hydrogens (tertiary/aromatic N) is 2. The summed E-state index contributed by atoms with van der Waals surface area (Å²) in [4.78, 5) is 29.2. The van der Waals surface area contributed by atoms with Crippen molar-refractivity contribution >= 4 is 50.7 Å². The molecule has 0 unspecified atom stereocenters. The third kappa shape index (κ3) is 8.08. The number of hydrogen-bond acceptors (Lipinski definition) is 6. The first-order valence-corrected chi connectivity index (χ1v) is 16.1. The molecule has 4 rings (SSSR count). The van der Waals surface area contributed by atoms with Crippen LogP contribution in [0, 0.1) is 0 Å². The SMILES string of the molecule is CNC(=O)[C@H](Cc1ccccc1)N(Cc1ccc(Cl)cc1Cl)C(=O)CN(c1ccc(OC)c(OC)c1)S(=O)(=O)c1ccccc1. The molecule has 1 N–H and O–H groups in total. The molecule has 4 aromatic rings. The van der Waals surface area contributed by atoms with Gasteiger partial charge in [-0.2, -0.15) is 0 Å². The van der Waals surface area contributed by atoms with Crippen molar-refractivity contribution in [1.29, 1.82) is 0 Å². The number of carbonyl (C=O) groups is 2. The van der Waals surface area contributed by atoms with Gasteiger partial charge in [-0.05, 0) is 47.5 Å². The molecule has 9 nitrogen and oxygen atoms in total. The van der Waals surface area contributed by atoms with E-state index < -0.39 is 34.4 Å². The normalized spacial score (nSPS) is 11.8. The summed E-state index contributed by atoms with van der Waals surface area (Å²) in [5, 5.41) is 3.35. The predicted molar refractivity (Wildman–Crippen MR) is 176 cm³/mol. The van der Waals surface area contributed by atoms with Crippen molar-refractivity contribution in [3.63, 3.8) is 0 Å². The van der Waals surface area contributed by atoms with E-state index in [1.807, 2.05) is 30.3 Å². The number of likely N-dealkylation sites (N-methyl/N-ethyl adjacent to an activating group) is 1. The number of rotatable bonds is 13. The third-order valence-corrected chi connectivity index (χ3v) is 9.51. The van der Waals surface area contributed by atoms with E-state index in [0.29, 0.717) is 21.4 Å². The van der Waals surface area contributed by atoms with Gasteiger partial charge < -0.3 is 19.7 Å². The van der Waals surface area contributed by atoms with E-state index in [1.54, 1.807) is 42.5 Å². The fourth-order valence-electron chi connectivity index (χ4n) is 4.78. The number of methoxy groups -OCH3 is 2. The summed E-state index contributed by atoms with van der Waals surface area (Å²) in [5.41, 5.74) is 1.49. The van der Waals surface area contributed by atoms with Crippen molar-refractivity contribution in [2.75, 3.05) is 32.1 Å². The minimum Gasteiger partial charge on any atom is -0.493 e. The monoisotopic (exact) mass is 669 g/mol. The molecular formula is C33H33Cl2N3O6S. The van der Waals surface area contributed by atoms with E-state index in [9.17, 15) is 18.0 Å². The molecule has 0 saturated heterocycles. The molecule has 0 radical (unpaired) electrons. The van der Waals surface area contributed by atoms with Crippen molar-refractivity contribution in [2.45, 2.75) is 23.9 Å². The molecule has 0 saturated carbocycles. The molecule has 2 amide bonds. The fraction of sp³-hybridized carbons (Fsp3) is 0.212. The van der Waals surface area contributed by atoms with Crippen molar-refractivity contribution in [1.82, 2.24) is 10.2 Å². The van der Waals surface area contributed by atoms with Gasteiger partial charge in [-0.25, -0.2) is 8.42 Å². The molecule has 4 aromatic carbocycles. The maximum Gasteiger partial charge on any atom is 0.264 e. The van der Waals surface area contributed by atoms with Crippen LogP contribution in [-0.2, 0) is 32.6 Å². The minimum atomic E-state index is -4.28. The van der Waals surface area contributed by atoms with Gasteiger partial charge in [0.1, 0.15) is 12.6 Å². The molecule has 0 spiro atoms. The average molecular weight is 671 g/mol. The van der Waals surface area contributed by atoms with Crippen molar-refractivity contribution in [2.24, 2.45) is 0 Å². The Hall–Kier alpha value is -4.25. The summed E-state index contributed by atoms with van der Waals surface area (Å²) in [6.07, 6.45) is 0.166. The lowest BCUT2D eigenvalue weighted by Gasteiger charge is -2.34. The molecule has 0 aliphatic rings. The van der Waals surface area contributed by atoms with E-state index in [0.717, 1.165) is 9.87 Å². The standard InChI is InChI=1S/C33H33Cl2N3O6S/c1-36-33(40)29(18-23-10-6-4-7-11-23)37(21-24-14-15-25(34)19-28(24)35)32(39)22-38(45(41,42)27-12-8-5-9-13-27)26-16-17-30(43-2)31(20-26)44-3/h4-17,19-20,29H,18,21-22H2,1-3H3,(H,36,40)/t29-/m0/s1. The Kier molecular flexibility index (Phi) is 11.3. The van der Waals surface area contributed by atoms with E-state index in [2.05, 4.69) is 5.32 Å². The van der Waals surface area contributed by atoms with Crippen molar-refractivity contribution in [3.05, 3.63) is 118 Å². The zero-order valence-electron chi connectivity index (χ0n) is 24.9. The lowest BCUT2D eigenvalue weighted by atomic mass is 10.0. The molecule has 0 aliphatic carbocycles. The second kappa shape index (κ2) is 15.2. The Morgan fingerprint density at radius 2 is 1.49 bits per heavy atom. The smallest absolute Gasteiger partial charge is 0.264 e. The van der Waals surface area contributed by atoms with Gasteiger partial charge in [-0.15, -0.1) is 0 Å². The number of ether oxygens (including phenoxy) is 2. The highest BCUT2D eigenvalue weighted by molar-refractivity contribution is 7.92. The van der Waals surface area contributed by atoms with Crippen LogP contribution < -0.4 is 19.1 Å². The van der Waals surface area contributed by atoms with Crippen LogP contribution in [0.2, 0.25) is 10.0 Å². The van der Waals surface area contributed by atoms with Gasteiger partial charge in [0.2, 0.25) is 11.8 Å². The molecule has 0 fully saturated rings. The quantitative estimate of drug-likeness (QED) is 0.199. The highest BCUT2D eigenvalue weighted by Gasteiger charge is 2.35. The molecule has 0 aliphatic heterocycles. The molecule has 1 atom stereocenters. The van der Waals surface area contributed by atoms with Crippen LogP contribution in [0.25, 0.3) is 0 Å². The first-order valence-electron chi connectivity index (χ1n) is 13.9. The first kappa shape index (κ1) is 33.6. The third-order valence-electron chi connectivity index (χ3n) is 7.14. The molecule has 0 heterocycles. The lowest BCUT2D eigenvalue weighted by molar-refractivity contribution is -0.139. The van der Waals surface area contributed by atoms with E-state index in [-0.39, 0.29) is 29.3 Å². The zero-order chi connectivity index (χ0) is 32.6. The maximum atomic E-state index is 14.4. The number of carbonyl (C=O) groups excluding carboxylic acids is 2. The maximum absolute atomic E-state index is 14.4. The molecular weight excluding hydrogens is 637 g/mol. The van der Waals surface area contributed by atoms with Crippen LogP contribution in [0.5, 0.6) is 11.5 Å². The lowest BCUT2D eigenvalue weighted by Crippen LogP contribution is -2.53. The summed E-state index contributed by atoms with van der Waals surface area (Å²) >= 11 is 12.6. The Morgan fingerprint density at radius 1 is 0.844 bits per heavy atom. The number of hydrogen-bond donors (Lipinski definition) is 1. The number of amides is 2. The fourth-order valence-corrected chi connectivity index (χ4v) is 6.68. The largest absolute Gasteiger partial charge is 0.493 e. The predicted octanol–water partition coefficient (Wildman–Crippen LogP) is 5.59. The van der Waals surface area contributed by atoms with Crippen LogP contribution in [-0.4, -0.2) is 59.0 Å². The summed E-state index contributed by atoms with van der Waals surface area (Å²) in [7, 11) is 0.0931. The number of sulfonamides is 1. The number of nitrogens with one attached hydrogen (secondary N) is 1. The van der Waals surface area contributed by atoms with E-state index in [1.165, 1.54) is 50.4 Å². The van der Waals surface area contributed by atoms with Gasteiger partial charge in [0, 0.05) is 36.1 Å². The first-order chi connectivity index (χ1) is 21.6. The van der Waals surface area contributed by atoms with E-state index >= 15 is 0 Å².